The lowest BCUT2D eigenvalue weighted by atomic mass is 9.90. The molecule has 4 heteroatoms. The molecule has 2 unspecified atom stereocenters. The van der Waals surface area contributed by atoms with Gasteiger partial charge in [-0.05, 0) is 58.9 Å². The molecule has 2 rings (SSSR count). The molecule has 19 heavy (non-hydrogen) atoms. The highest BCUT2D eigenvalue weighted by molar-refractivity contribution is 9.10. The first-order chi connectivity index (χ1) is 8.99. The number of rotatable bonds is 3. The maximum atomic E-state index is 13.4. The van der Waals surface area contributed by atoms with Crippen LogP contribution in [0.1, 0.15) is 38.3 Å². The van der Waals surface area contributed by atoms with Crippen LogP contribution in [-0.2, 0) is 0 Å². The van der Waals surface area contributed by atoms with E-state index in [2.05, 4.69) is 34.7 Å². The Morgan fingerprint density at radius 1 is 1.47 bits per heavy atom. The largest absolute Gasteiger partial charge is 0.326 e. The van der Waals surface area contributed by atoms with Crippen molar-refractivity contribution in [1.29, 1.82) is 0 Å². The molecule has 0 aliphatic carbocycles. The molecule has 2 N–H and O–H groups in total. The number of piperidine rings is 1. The summed E-state index contributed by atoms with van der Waals surface area (Å²) in [6, 6.07) is 5.59. The Balaban J connectivity index is 2.27. The van der Waals surface area contributed by atoms with Gasteiger partial charge in [0.2, 0.25) is 0 Å². The molecule has 1 saturated heterocycles. The minimum absolute atomic E-state index is 0.130. The van der Waals surface area contributed by atoms with Crippen LogP contribution in [0.15, 0.2) is 22.7 Å². The molecular weight excluding hydrogens is 307 g/mol. The van der Waals surface area contributed by atoms with E-state index in [1.165, 1.54) is 6.07 Å². The third kappa shape index (κ3) is 3.56. The van der Waals surface area contributed by atoms with Gasteiger partial charge in [-0.25, -0.2) is 4.39 Å². The van der Waals surface area contributed by atoms with Crippen molar-refractivity contribution in [2.45, 2.75) is 38.8 Å². The lowest BCUT2D eigenvalue weighted by molar-refractivity contribution is 0.114. The summed E-state index contributed by atoms with van der Waals surface area (Å²) in [7, 11) is 0. The highest BCUT2D eigenvalue weighted by Crippen LogP contribution is 2.32. The van der Waals surface area contributed by atoms with Crippen LogP contribution in [-0.4, -0.2) is 24.0 Å². The molecular formula is C15H22BrFN2. The second-order valence-electron chi connectivity index (χ2n) is 5.81. The molecule has 0 aromatic heterocycles. The summed E-state index contributed by atoms with van der Waals surface area (Å²) >= 11 is 3.27. The fourth-order valence-corrected chi connectivity index (χ4v) is 3.32. The number of hydrogen-bond acceptors (Lipinski definition) is 2. The van der Waals surface area contributed by atoms with E-state index in [4.69, 9.17) is 5.73 Å². The van der Waals surface area contributed by atoms with Crippen molar-refractivity contribution in [3.63, 3.8) is 0 Å². The molecule has 1 fully saturated rings. The van der Waals surface area contributed by atoms with E-state index in [0.29, 0.717) is 10.4 Å². The molecule has 2 atom stereocenters. The molecule has 1 aliphatic rings. The van der Waals surface area contributed by atoms with E-state index in [0.717, 1.165) is 31.5 Å². The summed E-state index contributed by atoms with van der Waals surface area (Å²) in [4.78, 5) is 2.44. The van der Waals surface area contributed by atoms with Crippen LogP contribution in [0.5, 0.6) is 0 Å². The number of hydrogen-bond donors (Lipinski definition) is 1. The van der Waals surface area contributed by atoms with E-state index >= 15 is 0 Å². The van der Waals surface area contributed by atoms with Crippen molar-refractivity contribution in [2.75, 3.05) is 13.1 Å². The van der Waals surface area contributed by atoms with Gasteiger partial charge in [-0.3, -0.25) is 4.90 Å². The van der Waals surface area contributed by atoms with Gasteiger partial charge < -0.3 is 5.73 Å². The minimum Gasteiger partial charge on any atom is -0.326 e. The first-order valence-electron chi connectivity index (χ1n) is 6.93. The number of benzene rings is 1. The van der Waals surface area contributed by atoms with Crippen LogP contribution in [0, 0.1) is 11.7 Å². The quantitative estimate of drug-likeness (QED) is 0.916. The van der Waals surface area contributed by atoms with E-state index in [9.17, 15) is 4.39 Å². The van der Waals surface area contributed by atoms with Crippen molar-refractivity contribution in [3.05, 3.63) is 34.1 Å². The van der Waals surface area contributed by atoms with Crippen molar-refractivity contribution < 1.29 is 4.39 Å². The molecule has 1 aliphatic heterocycles. The van der Waals surface area contributed by atoms with Crippen LogP contribution in [0.4, 0.5) is 4.39 Å². The summed E-state index contributed by atoms with van der Waals surface area (Å²) < 4.78 is 13.9. The van der Waals surface area contributed by atoms with E-state index in [1.807, 2.05) is 12.1 Å². The van der Waals surface area contributed by atoms with Gasteiger partial charge in [-0.2, -0.15) is 0 Å². The Kier molecular flexibility index (Phi) is 4.98. The standard InChI is InChI=1S/C15H22BrFN2/c1-10(2)9-19-7-3-4-14(18)15(19)11-5-6-13(17)12(16)8-11/h5-6,8,10,14-15H,3-4,7,9,18H2,1-2H3. The third-order valence-corrected chi connectivity index (χ3v) is 4.27. The van der Waals surface area contributed by atoms with Crippen LogP contribution >= 0.6 is 15.9 Å². The molecule has 1 heterocycles. The number of nitrogens with two attached hydrogens (primary N) is 1. The first-order valence-corrected chi connectivity index (χ1v) is 7.73. The zero-order valence-electron chi connectivity index (χ0n) is 11.6. The third-order valence-electron chi connectivity index (χ3n) is 3.67. The summed E-state index contributed by atoms with van der Waals surface area (Å²) in [5.74, 6) is 0.389. The Hall–Kier alpha value is -0.450. The smallest absolute Gasteiger partial charge is 0.137 e. The first kappa shape index (κ1) is 14.9. The monoisotopic (exact) mass is 328 g/mol. The second-order valence-corrected chi connectivity index (χ2v) is 6.67. The highest BCUT2D eigenvalue weighted by atomic mass is 79.9. The molecule has 0 saturated carbocycles. The zero-order chi connectivity index (χ0) is 14.0. The van der Waals surface area contributed by atoms with Crippen LogP contribution < -0.4 is 5.73 Å². The average Bonchev–Trinajstić information content (AvgIpc) is 2.32. The fourth-order valence-electron chi connectivity index (χ4n) is 2.93. The van der Waals surface area contributed by atoms with Crippen LogP contribution in [0.3, 0.4) is 0 Å². The summed E-state index contributed by atoms with van der Waals surface area (Å²) in [5.41, 5.74) is 7.43. The SMILES string of the molecule is CC(C)CN1CCCC(N)C1c1ccc(F)c(Br)c1. The van der Waals surface area contributed by atoms with E-state index in [1.54, 1.807) is 0 Å². The second kappa shape index (κ2) is 6.33. The van der Waals surface area contributed by atoms with Gasteiger partial charge in [0.15, 0.2) is 0 Å². The van der Waals surface area contributed by atoms with Gasteiger partial charge in [-0.15, -0.1) is 0 Å². The van der Waals surface area contributed by atoms with Gasteiger partial charge in [0.1, 0.15) is 5.82 Å². The molecule has 106 valence electrons. The lowest BCUT2D eigenvalue weighted by Crippen LogP contribution is -2.47. The van der Waals surface area contributed by atoms with Gasteiger partial charge in [-0.1, -0.05) is 19.9 Å². The summed E-state index contributed by atoms with van der Waals surface area (Å²) in [6.45, 7) is 6.55. The number of halogens is 2. The normalized spacial score (nSPS) is 24.9. The van der Waals surface area contributed by atoms with Gasteiger partial charge in [0.25, 0.3) is 0 Å². The van der Waals surface area contributed by atoms with Crippen molar-refractivity contribution >= 4 is 15.9 Å². The van der Waals surface area contributed by atoms with Gasteiger partial charge in [0, 0.05) is 18.6 Å². The maximum absolute atomic E-state index is 13.4. The Morgan fingerprint density at radius 2 is 2.21 bits per heavy atom. The molecule has 0 amide bonds. The molecule has 2 nitrogen and oxygen atoms in total. The topological polar surface area (TPSA) is 29.3 Å². The Morgan fingerprint density at radius 3 is 2.84 bits per heavy atom. The zero-order valence-corrected chi connectivity index (χ0v) is 13.2. The molecule has 1 aromatic rings. The van der Waals surface area contributed by atoms with E-state index < -0.39 is 0 Å². The molecule has 0 bridgehead atoms. The van der Waals surface area contributed by atoms with Gasteiger partial charge in [0.05, 0.1) is 4.47 Å². The van der Waals surface area contributed by atoms with E-state index in [-0.39, 0.29) is 17.9 Å². The average molecular weight is 329 g/mol. The van der Waals surface area contributed by atoms with Crippen molar-refractivity contribution in [2.24, 2.45) is 11.7 Å². The fraction of sp³-hybridized carbons (Fsp3) is 0.600. The van der Waals surface area contributed by atoms with Crippen LogP contribution in [0.25, 0.3) is 0 Å². The summed E-state index contributed by atoms with van der Waals surface area (Å²) in [6.07, 6.45) is 2.18. The predicted molar refractivity (Wildman–Crippen MR) is 80.5 cm³/mol. The number of nitrogens with zero attached hydrogens (tertiary/aromatic N) is 1. The van der Waals surface area contributed by atoms with Crippen LogP contribution in [0.2, 0.25) is 0 Å². The summed E-state index contributed by atoms with van der Waals surface area (Å²) in [5, 5.41) is 0. The minimum atomic E-state index is -0.219. The van der Waals surface area contributed by atoms with Crippen molar-refractivity contribution in [3.8, 4) is 0 Å². The molecule has 0 spiro atoms. The lowest BCUT2D eigenvalue weighted by Gasteiger charge is -2.41. The predicted octanol–water partition coefficient (Wildman–Crippen LogP) is 3.71. The Labute approximate surface area is 123 Å². The maximum Gasteiger partial charge on any atom is 0.137 e. The molecule has 0 radical (unpaired) electrons. The number of likely N-dealkylation sites (tertiary alicyclic amines) is 1. The molecule has 1 aromatic carbocycles. The van der Waals surface area contributed by atoms with Crippen molar-refractivity contribution in [1.82, 2.24) is 4.90 Å². The Bertz CT molecular complexity index is 436. The highest BCUT2D eigenvalue weighted by Gasteiger charge is 2.30. The van der Waals surface area contributed by atoms with Gasteiger partial charge >= 0.3 is 0 Å².